The monoisotopic (exact) mass is 297 g/mol. The minimum absolute atomic E-state index is 0.131. The van der Waals surface area contributed by atoms with Crippen molar-refractivity contribution in [2.75, 3.05) is 17.8 Å². The number of nitrogens with one attached hydrogen (secondary N) is 1. The van der Waals surface area contributed by atoms with Gasteiger partial charge in [-0.15, -0.1) is 0 Å². The highest BCUT2D eigenvalue weighted by molar-refractivity contribution is 7.90. The maximum Gasteiger partial charge on any atom is 0.301 e. The minimum atomic E-state index is -3.74. The zero-order valence-corrected chi connectivity index (χ0v) is 11.8. The van der Waals surface area contributed by atoms with Gasteiger partial charge in [-0.05, 0) is 31.0 Å². The molecule has 0 radical (unpaired) electrons. The van der Waals surface area contributed by atoms with Crippen LogP contribution in [-0.2, 0) is 10.2 Å². The fraction of sp³-hybridized carbons (Fsp3) is 0.462. The van der Waals surface area contributed by atoms with Crippen molar-refractivity contribution in [1.82, 2.24) is 4.31 Å². The van der Waals surface area contributed by atoms with Crippen molar-refractivity contribution < 1.29 is 12.8 Å². The van der Waals surface area contributed by atoms with Crippen LogP contribution in [-0.4, -0.2) is 25.8 Å². The summed E-state index contributed by atoms with van der Waals surface area (Å²) in [6.45, 7) is 0.903. The summed E-state index contributed by atoms with van der Waals surface area (Å²) < 4.78 is 41.7. The molecular weight excluding hydrogens is 281 g/mol. The third kappa shape index (κ3) is 3.46. The van der Waals surface area contributed by atoms with E-state index < -0.39 is 16.0 Å². The van der Waals surface area contributed by atoms with Crippen LogP contribution in [0, 0.1) is 17.1 Å². The second kappa shape index (κ2) is 6.20. The Kier molecular flexibility index (Phi) is 4.57. The largest absolute Gasteiger partial charge is 0.301 e. The Morgan fingerprint density at radius 2 is 1.85 bits per heavy atom. The van der Waals surface area contributed by atoms with E-state index in [1.165, 1.54) is 16.4 Å². The van der Waals surface area contributed by atoms with Crippen LogP contribution in [0.1, 0.15) is 31.2 Å². The lowest BCUT2D eigenvalue weighted by Gasteiger charge is -2.20. The quantitative estimate of drug-likeness (QED) is 0.929. The first-order valence-corrected chi connectivity index (χ1v) is 7.94. The molecule has 2 rings (SSSR count). The third-order valence-corrected chi connectivity index (χ3v) is 4.76. The van der Waals surface area contributed by atoms with E-state index in [0.29, 0.717) is 13.1 Å². The Morgan fingerprint density at radius 3 is 2.40 bits per heavy atom. The van der Waals surface area contributed by atoms with Gasteiger partial charge in [0.15, 0.2) is 0 Å². The Balaban J connectivity index is 2.17. The molecule has 1 saturated heterocycles. The van der Waals surface area contributed by atoms with Gasteiger partial charge in [-0.1, -0.05) is 12.8 Å². The number of nitrogens with zero attached hydrogens (tertiary/aromatic N) is 2. The van der Waals surface area contributed by atoms with Crippen molar-refractivity contribution in [3.05, 3.63) is 29.6 Å². The summed E-state index contributed by atoms with van der Waals surface area (Å²) in [7, 11) is -3.74. The van der Waals surface area contributed by atoms with Gasteiger partial charge in [0.05, 0.1) is 17.3 Å². The van der Waals surface area contributed by atoms with E-state index >= 15 is 0 Å². The summed E-state index contributed by atoms with van der Waals surface area (Å²) in [6, 6.07) is 5.46. The van der Waals surface area contributed by atoms with E-state index in [1.807, 2.05) is 0 Å². The number of hydrogen-bond acceptors (Lipinski definition) is 3. The first-order chi connectivity index (χ1) is 9.53. The molecule has 20 heavy (non-hydrogen) atoms. The molecule has 5 nitrogen and oxygen atoms in total. The molecule has 1 aromatic carbocycles. The number of benzene rings is 1. The normalized spacial score (nSPS) is 17.2. The van der Waals surface area contributed by atoms with Crippen molar-refractivity contribution in [3.8, 4) is 6.07 Å². The minimum Gasteiger partial charge on any atom is -0.268 e. The highest BCUT2D eigenvalue weighted by atomic mass is 32.2. The molecule has 0 aromatic heterocycles. The molecule has 1 N–H and O–H groups in total. The number of rotatable bonds is 3. The van der Waals surface area contributed by atoms with Gasteiger partial charge in [0.25, 0.3) is 0 Å². The molecule has 1 heterocycles. The van der Waals surface area contributed by atoms with Crippen molar-refractivity contribution in [1.29, 1.82) is 5.26 Å². The second-order valence-electron chi connectivity index (χ2n) is 4.73. The number of hydrogen-bond donors (Lipinski definition) is 1. The predicted octanol–water partition coefficient (Wildman–Crippen LogP) is 2.23. The molecule has 1 fully saturated rings. The lowest BCUT2D eigenvalue weighted by Crippen LogP contribution is -2.36. The fourth-order valence-corrected chi connectivity index (χ4v) is 3.46. The van der Waals surface area contributed by atoms with Gasteiger partial charge in [-0.25, -0.2) is 4.39 Å². The molecule has 0 unspecified atom stereocenters. The molecule has 0 aliphatic carbocycles. The average Bonchev–Trinajstić information content (AvgIpc) is 2.70. The molecule has 0 spiro atoms. The summed E-state index contributed by atoms with van der Waals surface area (Å²) in [5.74, 6) is -0.748. The lowest BCUT2D eigenvalue weighted by molar-refractivity contribution is 0.427. The average molecular weight is 297 g/mol. The van der Waals surface area contributed by atoms with E-state index in [0.717, 1.165) is 31.7 Å². The van der Waals surface area contributed by atoms with Crippen molar-refractivity contribution in [3.63, 3.8) is 0 Å². The Hall–Kier alpha value is -1.65. The maximum atomic E-state index is 13.7. The molecule has 7 heteroatoms. The van der Waals surface area contributed by atoms with Gasteiger partial charge in [0.2, 0.25) is 0 Å². The molecule has 1 aliphatic heterocycles. The van der Waals surface area contributed by atoms with Gasteiger partial charge >= 0.3 is 10.2 Å². The summed E-state index contributed by atoms with van der Waals surface area (Å²) in [6.07, 6.45) is 3.65. The highest BCUT2D eigenvalue weighted by Gasteiger charge is 2.23. The van der Waals surface area contributed by atoms with Gasteiger partial charge in [-0.3, -0.25) is 4.72 Å². The van der Waals surface area contributed by atoms with E-state index in [4.69, 9.17) is 5.26 Å². The zero-order valence-electron chi connectivity index (χ0n) is 11.0. The Labute approximate surface area is 118 Å². The van der Waals surface area contributed by atoms with E-state index in [9.17, 15) is 12.8 Å². The first kappa shape index (κ1) is 14.8. The molecule has 0 atom stereocenters. The molecular formula is C13H16FN3O2S. The smallest absolute Gasteiger partial charge is 0.268 e. The van der Waals surface area contributed by atoms with Crippen molar-refractivity contribution in [2.24, 2.45) is 0 Å². The maximum absolute atomic E-state index is 13.7. The number of halogens is 1. The third-order valence-electron chi connectivity index (χ3n) is 3.24. The van der Waals surface area contributed by atoms with Crippen LogP contribution in [0.15, 0.2) is 18.2 Å². The molecule has 1 aliphatic rings. The van der Waals surface area contributed by atoms with Gasteiger partial charge in [-0.2, -0.15) is 18.0 Å². The number of anilines is 1. The number of nitriles is 1. The van der Waals surface area contributed by atoms with Crippen molar-refractivity contribution >= 4 is 15.9 Å². The van der Waals surface area contributed by atoms with Gasteiger partial charge < -0.3 is 0 Å². The zero-order chi connectivity index (χ0) is 14.6. The Morgan fingerprint density at radius 1 is 1.20 bits per heavy atom. The van der Waals surface area contributed by atoms with Crippen LogP contribution < -0.4 is 4.72 Å². The lowest BCUT2D eigenvalue weighted by atomic mass is 10.2. The molecule has 0 saturated carbocycles. The summed E-state index contributed by atoms with van der Waals surface area (Å²) >= 11 is 0. The van der Waals surface area contributed by atoms with Crippen LogP contribution in [0.4, 0.5) is 10.1 Å². The van der Waals surface area contributed by atoms with Gasteiger partial charge in [0.1, 0.15) is 5.82 Å². The van der Waals surface area contributed by atoms with Crippen LogP contribution >= 0.6 is 0 Å². The molecule has 0 amide bonds. The molecule has 108 valence electrons. The molecule has 0 bridgehead atoms. The standard InChI is InChI=1S/C13H16FN3O2S/c14-12-9-11(10-15)5-6-13(12)16-20(18,19)17-7-3-1-2-4-8-17/h5-6,9,16H,1-4,7-8H2. The van der Waals surface area contributed by atoms with Crippen molar-refractivity contribution in [2.45, 2.75) is 25.7 Å². The van der Waals surface area contributed by atoms with E-state index in [-0.39, 0.29) is 11.3 Å². The van der Waals surface area contributed by atoms with Gasteiger partial charge in [0, 0.05) is 13.1 Å². The SMILES string of the molecule is N#Cc1ccc(NS(=O)(=O)N2CCCCCC2)c(F)c1. The van der Waals surface area contributed by atoms with Crippen LogP contribution in [0.25, 0.3) is 0 Å². The fourth-order valence-electron chi connectivity index (χ4n) is 2.15. The first-order valence-electron chi connectivity index (χ1n) is 6.50. The van der Waals surface area contributed by atoms with Crippen LogP contribution in [0.2, 0.25) is 0 Å². The molecule has 1 aromatic rings. The second-order valence-corrected chi connectivity index (χ2v) is 6.40. The van der Waals surface area contributed by atoms with Crippen LogP contribution in [0.3, 0.4) is 0 Å². The highest BCUT2D eigenvalue weighted by Crippen LogP contribution is 2.20. The topological polar surface area (TPSA) is 73.2 Å². The van der Waals surface area contributed by atoms with E-state index in [2.05, 4.69) is 4.72 Å². The Bertz CT molecular complexity index is 617. The summed E-state index contributed by atoms with van der Waals surface area (Å²) in [5, 5.41) is 8.66. The summed E-state index contributed by atoms with van der Waals surface area (Å²) in [5.41, 5.74) is 0.0217. The predicted molar refractivity (Wildman–Crippen MR) is 73.7 cm³/mol. The van der Waals surface area contributed by atoms with E-state index in [1.54, 1.807) is 6.07 Å². The summed E-state index contributed by atoms with van der Waals surface area (Å²) in [4.78, 5) is 0. The van der Waals surface area contributed by atoms with Crippen LogP contribution in [0.5, 0.6) is 0 Å².